The summed E-state index contributed by atoms with van der Waals surface area (Å²) in [5.74, 6) is 0.790. The molecule has 2 amide bonds. The third-order valence-electron chi connectivity index (χ3n) is 5.32. The fraction of sp³-hybridized carbons (Fsp3) is 0.600. The van der Waals surface area contributed by atoms with Crippen molar-refractivity contribution in [1.29, 1.82) is 0 Å². The van der Waals surface area contributed by atoms with Gasteiger partial charge in [0, 0.05) is 38.5 Å². The molecular weight excluding hydrogens is 300 g/mol. The molecule has 0 radical (unpaired) electrons. The van der Waals surface area contributed by atoms with Crippen molar-refractivity contribution in [2.24, 2.45) is 5.92 Å². The fourth-order valence-electron chi connectivity index (χ4n) is 3.58. The Morgan fingerprint density at radius 1 is 1.04 bits per heavy atom. The van der Waals surface area contributed by atoms with Crippen LogP contribution in [0.15, 0.2) is 24.3 Å². The van der Waals surface area contributed by atoms with Crippen molar-refractivity contribution in [3.63, 3.8) is 0 Å². The molecule has 1 saturated heterocycles. The number of aryl methyl sites for hydroxylation is 2. The van der Waals surface area contributed by atoms with E-state index >= 15 is 0 Å². The third kappa shape index (κ3) is 4.16. The predicted octanol–water partition coefficient (Wildman–Crippen LogP) is 2.79. The zero-order valence-corrected chi connectivity index (χ0v) is 14.7. The van der Waals surface area contributed by atoms with Gasteiger partial charge in [-0.25, -0.2) is 0 Å². The molecule has 1 aliphatic heterocycles. The van der Waals surface area contributed by atoms with Crippen LogP contribution in [0.5, 0.6) is 0 Å². The van der Waals surface area contributed by atoms with Gasteiger partial charge in [-0.15, -0.1) is 0 Å². The van der Waals surface area contributed by atoms with Crippen molar-refractivity contribution >= 4 is 11.8 Å². The van der Waals surface area contributed by atoms with Gasteiger partial charge in [0.05, 0.1) is 0 Å². The molecule has 0 atom stereocenters. The zero-order chi connectivity index (χ0) is 16.9. The van der Waals surface area contributed by atoms with Gasteiger partial charge in [0.2, 0.25) is 11.8 Å². The molecule has 2 fully saturated rings. The molecule has 0 unspecified atom stereocenters. The Labute approximate surface area is 144 Å². The Hall–Kier alpha value is -1.84. The fourth-order valence-corrected chi connectivity index (χ4v) is 3.58. The lowest BCUT2D eigenvalue weighted by Gasteiger charge is -2.31. The molecule has 1 aromatic rings. The number of amides is 2. The van der Waals surface area contributed by atoms with Crippen molar-refractivity contribution in [2.75, 3.05) is 26.2 Å². The summed E-state index contributed by atoms with van der Waals surface area (Å²) in [6, 6.07) is 8.36. The van der Waals surface area contributed by atoms with Crippen molar-refractivity contribution < 1.29 is 9.59 Å². The molecule has 130 valence electrons. The lowest BCUT2D eigenvalue weighted by atomic mass is 9.84. The highest BCUT2D eigenvalue weighted by atomic mass is 16.2. The zero-order valence-electron chi connectivity index (χ0n) is 14.7. The van der Waals surface area contributed by atoms with Crippen LogP contribution in [0.3, 0.4) is 0 Å². The summed E-state index contributed by atoms with van der Waals surface area (Å²) in [5, 5.41) is 0. The van der Waals surface area contributed by atoms with E-state index in [9.17, 15) is 9.59 Å². The standard InChI is InChI=1S/C20H28N2O2/c1-16-5-2-6-17(15-16)9-10-19(23)21-11-4-12-22(14-13-21)20(24)18-7-3-8-18/h2,5-6,15,18H,3-4,7-14H2,1H3. The second-order valence-corrected chi connectivity index (χ2v) is 7.18. The van der Waals surface area contributed by atoms with E-state index < -0.39 is 0 Å². The molecule has 0 aromatic heterocycles. The number of carbonyl (C=O) groups is 2. The van der Waals surface area contributed by atoms with Crippen molar-refractivity contribution in [3.8, 4) is 0 Å². The lowest BCUT2D eigenvalue weighted by Crippen LogP contribution is -2.41. The highest BCUT2D eigenvalue weighted by Crippen LogP contribution is 2.28. The minimum Gasteiger partial charge on any atom is -0.341 e. The van der Waals surface area contributed by atoms with Crippen LogP contribution in [0.1, 0.15) is 43.2 Å². The average Bonchev–Trinajstić information content (AvgIpc) is 2.77. The Morgan fingerprint density at radius 2 is 1.79 bits per heavy atom. The van der Waals surface area contributed by atoms with Crippen LogP contribution in [0.4, 0.5) is 0 Å². The molecule has 1 heterocycles. The highest BCUT2D eigenvalue weighted by Gasteiger charge is 2.30. The Bertz CT molecular complexity index is 595. The number of hydrogen-bond acceptors (Lipinski definition) is 2. The van der Waals surface area contributed by atoms with Gasteiger partial charge < -0.3 is 9.80 Å². The molecule has 0 bridgehead atoms. The first-order chi connectivity index (χ1) is 11.6. The average molecular weight is 328 g/mol. The van der Waals surface area contributed by atoms with Crippen LogP contribution >= 0.6 is 0 Å². The second kappa shape index (κ2) is 7.82. The molecule has 24 heavy (non-hydrogen) atoms. The first kappa shape index (κ1) is 17.0. The van der Waals surface area contributed by atoms with Crippen molar-refractivity contribution in [3.05, 3.63) is 35.4 Å². The van der Waals surface area contributed by atoms with Gasteiger partial charge in [0.25, 0.3) is 0 Å². The molecule has 4 nitrogen and oxygen atoms in total. The summed E-state index contributed by atoms with van der Waals surface area (Å²) >= 11 is 0. The van der Waals surface area contributed by atoms with Crippen LogP contribution in [0.2, 0.25) is 0 Å². The Morgan fingerprint density at radius 3 is 2.50 bits per heavy atom. The highest BCUT2D eigenvalue weighted by molar-refractivity contribution is 5.80. The Balaban J connectivity index is 1.48. The van der Waals surface area contributed by atoms with E-state index in [1.54, 1.807) is 0 Å². The smallest absolute Gasteiger partial charge is 0.225 e. The van der Waals surface area contributed by atoms with Gasteiger partial charge in [-0.3, -0.25) is 9.59 Å². The van der Waals surface area contributed by atoms with E-state index in [4.69, 9.17) is 0 Å². The van der Waals surface area contributed by atoms with Crippen LogP contribution < -0.4 is 0 Å². The summed E-state index contributed by atoms with van der Waals surface area (Å²) in [7, 11) is 0. The summed E-state index contributed by atoms with van der Waals surface area (Å²) in [5.41, 5.74) is 2.46. The van der Waals surface area contributed by atoms with Crippen LogP contribution in [0.25, 0.3) is 0 Å². The van der Waals surface area contributed by atoms with Crippen LogP contribution in [-0.4, -0.2) is 47.8 Å². The summed E-state index contributed by atoms with van der Waals surface area (Å²) in [6.07, 6.45) is 5.53. The van der Waals surface area contributed by atoms with E-state index in [-0.39, 0.29) is 11.8 Å². The first-order valence-electron chi connectivity index (χ1n) is 9.25. The number of benzene rings is 1. The topological polar surface area (TPSA) is 40.6 Å². The minimum absolute atomic E-state index is 0.217. The van der Waals surface area contributed by atoms with Crippen molar-refractivity contribution in [2.45, 2.75) is 45.4 Å². The van der Waals surface area contributed by atoms with E-state index in [0.717, 1.165) is 38.8 Å². The van der Waals surface area contributed by atoms with Crippen molar-refractivity contribution in [1.82, 2.24) is 9.80 Å². The van der Waals surface area contributed by atoms with E-state index in [2.05, 4.69) is 25.1 Å². The SMILES string of the molecule is Cc1cccc(CCC(=O)N2CCCN(C(=O)C3CCC3)CC2)c1. The van der Waals surface area contributed by atoms with E-state index in [1.165, 1.54) is 17.5 Å². The van der Waals surface area contributed by atoms with Crippen LogP contribution in [-0.2, 0) is 16.0 Å². The quantitative estimate of drug-likeness (QED) is 0.853. The van der Waals surface area contributed by atoms with Gasteiger partial charge in [0.1, 0.15) is 0 Å². The first-order valence-corrected chi connectivity index (χ1v) is 9.25. The van der Waals surface area contributed by atoms with E-state index in [1.807, 2.05) is 15.9 Å². The molecule has 4 heteroatoms. The number of nitrogens with zero attached hydrogens (tertiary/aromatic N) is 2. The number of carbonyl (C=O) groups excluding carboxylic acids is 2. The molecule has 1 saturated carbocycles. The predicted molar refractivity (Wildman–Crippen MR) is 94.6 cm³/mol. The van der Waals surface area contributed by atoms with Gasteiger partial charge in [-0.05, 0) is 38.2 Å². The molecule has 0 spiro atoms. The monoisotopic (exact) mass is 328 g/mol. The molecule has 0 N–H and O–H groups in total. The van der Waals surface area contributed by atoms with Gasteiger partial charge in [-0.2, -0.15) is 0 Å². The van der Waals surface area contributed by atoms with Crippen LogP contribution in [0, 0.1) is 12.8 Å². The maximum absolute atomic E-state index is 12.5. The number of hydrogen-bond donors (Lipinski definition) is 0. The third-order valence-corrected chi connectivity index (χ3v) is 5.32. The molecule has 1 aromatic carbocycles. The summed E-state index contributed by atoms with van der Waals surface area (Å²) in [6.45, 7) is 5.04. The maximum atomic E-state index is 12.5. The Kier molecular flexibility index (Phi) is 5.54. The second-order valence-electron chi connectivity index (χ2n) is 7.18. The number of rotatable bonds is 4. The molecular formula is C20H28N2O2. The maximum Gasteiger partial charge on any atom is 0.225 e. The normalized spacial score (nSPS) is 18.9. The summed E-state index contributed by atoms with van der Waals surface area (Å²) in [4.78, 5) is 28.8. The van der Waals surface area contributed by atoms with Gasteiger partial charge in [-0.1, -0.05) is 36.2 Å². The summed E-state index contributed by atoms with van der Waals surface area (Å²) < 4.78 is 0. The molecule has 1 aliphatic carbocycles. The van der Waals surface area contributed by atoms with Gasteiger partial charge >= 0.3 is 0 Å². The largest absolute Gasteiger partial charge is 0.341 e. The van der Waals surface area contributed by atoms with E-state index in [0.29, 0.717) is 25.4 Å². The molecule has 3 rings (SSSR count). The van der Waals surface area contributed by atoms with Gasteiger partial charge in [0.15, 0.2) is 0 Å². The molecule has 2 aliphatic rings. The lowest BCUT2D eigenvalue weighted by molar-refractivity contribution is -0.138. The minimum atomic E-state index is 0.217.